The maximum atomic E-state index is 13.3. The summed E-state index contributed by atoms with van der Waals surface area (Å²) in [6.45, 7) is 2.26. The maximum absolute atomic E-state index is 13.3. The van der Waals surface area contributed by atoms with E-state index in [1.165, 1.54) is 18.2 Å². The first-order valence-electron chi connectivity index (χ1n) is 7.47. The Kier molecular flexibility index (Phi) is 3.37. The van der Waals surface area contributed by atoms with Crippen LogP contribution in [0.25, 0.3) is 11.0 Å². The summed E-state index contributed by atoms with van der Waals surface area (Å²) < 4.78 is 29.5. The molecule has 0 fully saturated rings. The Bertz CT molecular complexity index is 948. The van der Waals surface area contributed by atoms with Gasteiger partial charge in [0.05, 0.1) is 0 Å². The number of rotatable bonds is 3. The highest BCUT2D eigenvalue weighted by Gasteiger charge is 2.18. The van der Waals surface area contributed by atoms with Crippen LogP contribution in [0, 0.1) is 12.7 Å². The third-order valence-electron chi connectivity index (χ3n) is 3.99. The molecule has 2 aromatic carbocycles. The summed E-state index contributed by atoms with van der Waals surface area (Å²) in [7, 11) is 0. The lowest BCUT2D eigenvalue weighted by Crippen LogP contribution is -2.22. The minimum absolute atomic E-state index is 0.191. The monoisotopic (exact) mass is 327 g/mol. The molecular weight excluding hydrogens is 313 g/mol. The minimum atomic E-state index is -0.362. The summed E-state index contributed by atoms with van der Waals surface area (Å²) in [5, 5.41) is 3.40. The molecule has 3 aromatic rings. The Balaban J connectivity index is 1.53. The van der Waals surface area contributed by atoms with Gasteiger partial charge in [-0.05, 0) is 42.8 Å². The summed E-state index contributed by atoms with van der Waals surface area (Å²) in [5.74, 6) is 0.842. The van der Waals surface area contributed by atoms with Gasteiger partial charge in [0.2, 0.25) is 6.79 Å². The second-order valence-corrected chi connectivity index (χ2v) is 5.57. The molecule has 24 heavy (non-hydrogen) atoms. The standard InChI is InChI=1S/C18H14FNO4/c1-10-13-7-12(19)3-5-14(13)24-17(10)18(21)20-8-11-2-4-15-16(6-11)23-9-22-15/h2-7H,8-9H2,1H3,(H,20,21). The molecule has 6 heteroatoms. The average Bonchev–Trinajstić information content (AvgIpc) is 3.17. The second-order valence-electron chi connectivity index (χ2n) is 5.57. The van der Waals surface area contributed by atoms with E-state index in [4.69, 9.17) is 13.9 Å². The number of halogens is 1. The molecule has 4 rings (SSSR count). The number of carbonyl (C=O) groups is 1. The van der Waals surface area contributed by atoms with Gasteiger partial charge in [-0.3, -0.25) is 4.79 Å². The number of furan rings is 1. The number of hydrogen-bond donors (Lipinski definition) is 1. The maximum Gasteiger partial charge on any atom is 0.287 e. The van der Waals surface area contributed by atoms with Gasteiger partial charge in [0.1, 0.15) is 11.4 Å². The van der Waals surface area contributed by atoms with Crippen molar-refractivity contribution in [2.24, 2.45) is 0 Å². The molecule has 1 N–H and O–H groups in total. The lowest BCUT2D eigenvalue weighted by molar-refractivity contribution is 0.0924. The van der Waals surface area contributed by atoms with Gasteiger partial charge in [0.15, 0.2) is 17.3 Å². The first-order valence-corrected chi connectivity index (χ1v) is 7.47. The number of fused-ring (bicyclic) bond motifs is 2. The molecule has 1 aromatic heterocycles. The van der Waals surface area contributed by atoms with Crippen LogP contribution < -0.4 is 14.8 Å². The smallest absolute Gasteiger partial charge is 0.287 e. The molecular formula is C18H14FNO4. The van der Waals surface area contributed by atoms with Gasteiger partial charge in [-0.2, -0.15) is 0 Å². The largest absolute Gasteiger partial charge is 0.454 e. The van der Waals surface area contributed by atoms with Crippen LogP contribution in [0.5, 0.6) is 11.5 Å². The van der Waals surface area contributed by atoms with Crippen molar-refractivity contribution in [2.45, 2.75) is 13.5 Å². The van der Waals surface area contributed by atoms with E-state index in [0.717, 1.165) is 5.56 Å². The first kappa shape index (κ1) is 14.6. The van der Waals surface area contributed by atoms with E-state index in [1.807, 2.05) is 12.1 Å². The zero-order valence-electron chi connectivity index (χ0n) is 12.9. The molecule has 1 aliphatic heterocycles. The first-order chi connectivity index (χ1) is 11.6. The van der Waals surface area contributed by atoms with E-state index in [0.29, 0.717) is 34.6 Å². The van der Waals surface area contributed by atoms with Crippen LogP contribution in [-0.2, 0) is 6.54 Å². The third kappa shape index (κ3) is 2.46. The summed E-state index contributed by atoms with van der Waals surface area (Å²) in [4.78, 5) is 12.4. The molecule has 1 aliphatic rings. The van der Waals surface area contributed by atoms with Crippen molar-refractivity contribution in [2.75, 3.05) is 6.79 Å². The van der Waals surface area contributed by atoms with Crippen LogP contribution in [0.4, 0.5) is 4.39 Å². The topological polar surface area (TPSA) is 60.7 Å². The van der Waals surface area contributed by atoms with Crippen LogP contribution in [-0.4, -0.2) is 12.7 Å². The molecule has 0 unspecified atom stereocenters. The van der Waals surface area contributed by atoms with Crippen LogP contribution >= 0.6 is 0 Å². The Morgan fingerprint density at radius 3 is 2.88 bits per heavy atom. The minimum Gasteiger partial charge on any atom is -0.454 e. The van der Waals surface area contributed by atoms with Gasteiger partial charge >= 0.3 is 0 Å². The molecule has 0 bridgehead atoms. The van der Waals surface area contributed by atoms with Crippen molar-refractivity contribution in [3.8, 4) is 11.5 Å². The Labute approximate surface area is 137 Å². The average molecular weight is 327 g/mol. The number of amides is 1. The molecule has 5 nitrogen and oxygen atoms in total. The molecule has 122 valence electrons. The zero-order valence-corrected chi connectivity index (χ0v) is 12.9. The summed E-state index contributed by atoms with van der Waals surface area (Å²) >= 11 is 0. The number of aryl methyl sites for hydroxylation is 1. The molecule has 0 spiro atoms. The molecule has 0 atom stereocenters. The summed E-state index contributed by atoms with van der Waals surface area (Å²) in [6.07, 6.45) is 0. The quantitative estimate of drug-likeness (QED) is 0.799. The fourth-order valence-electron chi connectivity index (χ4n) is 2.72. The normalized spacial score (nSPS) is 12.6. The van der Waals surface area contributed by atoms with Crippen LogP contribution in [0.2, 0.25) is 0 Å². The van der Waals surface area contributed by atoms with Crippen molar-refractivity contribution in [1.82, 2.24) is 5.32 Å². The zero-order chi connectivity index (χ0) is 16.7. The fraction of sp³-hybridized carbons (Fsp3) is 0.167. The SMILES string of the molecule is Cc1c(C(=O)NCc2ccc3c(c2)OCO3)oc2ccc(F)cc12. The molecule has 0 aliphatic carbocycles. The van der Waals surface area contributed by atoms with Crippen LogP contribution in [0.15, 0.2) is 40.8 Å². The summed E-state index contributed by atoms with van der Waals surface area (Å²) in [5.41, 5.74) is 1.99. The van der Waals surface area contributed by atoms with Gasteiger partial charge in [0, 0.05) is 17.5 Å². The number of benzene rings is 2. The van der Waals surface area contributed by atoms with Crippen molar-refractivity contribution >= 4 is 16.9 Å². The van der Waals surface area contributed by atoms with Gasteiger partial charge in [-0.15, -0.1) is 0 Å². The number of carbonyl (C=O) groups excluding carboxylic acids is 1. The number of ether oxygens (including phenoxy) is 2. The van der Waals surface area contributed by atoms with Crippen molar-refractivity contribution in [3.05, 3.63) is 59.1 Å². The van der Waals surface area contributed by atoms with E-state index < -0.39 is 0 Å². The highest BCUT2D eigenvalue weighted by Crippen LogP contribution is 2.32. The second kappa shape index (κ2) is 5.56. The van der Waals surface area contributed by atoms with Crippen molar-refractivity contribution in [1.29, 1.82) is 0 Å². The van der Waals surface area contributed by atoms with E-state index in [2.05, 4.69) is 5.32 Å². The Morgan fingerprint density at radius 1 is 1.17 bits per heavy atom. The number of hydrogen-bond acceptors (Lipinski definition) is 4. The van der Waals surface area contributed by atoms with Gasteiger partial charge in [-0.25, -0.2) is 4.39 Å². The van der Waals surface area contributed by atoms with Gasteiger partial charge < -0.3 is 19.2 Å². The van der Waals surface area contributed by atoms with Crippen LogP contribution in [0.3, 0.4) is 0 Å². The van der Waals surface area contributed by atoms with Crippen molar-refractivity contribution in [3.63, 3.8) is 0 Å². The Morgan fingerprint density at radius 2 is 2.00 bits per heavy atom. The number of nitrogens with one attached hydrogen (secondary N) is 1. The predicted octanol–water partition coefficient (Wildman–Crippen LogP) is 3.54. The van der Waals surface area contributed by atoms with Gasteiger partial charge in [-0.1, -0.05) is 6.07 Å². The highest BCUT2D eigenvalue weighted by atomic mass is 19.1. The Hall–Kier alpha value is -3.02. The predicted molar refractivity (Wildman–Crippen MR) is 84.6 cm³/mol. The van der Waals surface area contributed by atoms with E-state index in [-0.39, 0.29) is 24.3 Å². The van der Waals surface area contributed by atoms with Crippen LogP contribution in [0.1, 0.15) is 21.7 Å². The van der Waals surface area contributed by atoms with E-state index >= 15 is 0 Å². The van der Waals surface area contributed by atoms with E-state index in [1.54, 1.807) is 13.0 Å². The molecule has 0 saturated heterocycles. The summed E-state index contributed by atoms with van der Waals surface area (Å²) in [6, 6.07) is 9.67. The lowest BCUT2D eigenvalue weighted by atomic mass is 10.1. The van der Waals surface area contributed by atoms with Crippen molar-refractivity contribution < 1.29 is 23.1 Å². The third-order valence-corrected chi connectivity index (χ3v) is 3.99. The van der Waals surface area contributed by atoms with Gasteiger partial charge in [0.25, 0.3) is 5.91 Å². The molecule has 0 radical (unpaired) electrons. The van der Waals surface area contributed by atoms with E-state index in [9.17, 15) is 9.18 Å². The molecule has 0 saturated carbocycles. The lowest BCUT2D eigenvalue weighted by Gasteiger charge is -2.05. The molecule has 1 amide bonds. The molecule has 2 heterocycles. The fourth-order valence-corrected chi connectivity index (χ4v) is 2.72. The highest BCUT2D eigenvalue weighted by molar-refractivity contribution is 5.98.